The molecule has 0 radical (unpaired) electrons. The third kappa shape index (κ3) is 5.71. The summed E-state index contributed by atoms with van der Waals surface area (Å²) in [5.41, 5.74) is 3.12. The molecule has 1 fully saturated rings. The normalized spacial score (nSPS) is 15.4. The second-order valence-corrected chi connectivity index (χ2v) is 10.7. The third-order valence-corrected chi connectivity index (χ3v) is 8.29. The van der Waals surface area contributed by atoms with Gasteiger partial charge in [0, 0.05) is 36.2 Å². The molecule has 1 aliphatic rings. The molecule has 0 atom stereocenters. The molecule has 0 unspecified atom stereocenters. The van der Waals surface area contributed by atoms with E-state index in [1.807, 2.05) is 26.0 Å². The summed E-state index contributed by atoms with van der Waals surface area (Å²) in [6, 6.07) is 11.6. The number of benzene rings is 2. The fourth-order valence-corrected chi connectivity index (χ4v) is 5.70. The zero-order valence-corrected chi connectivity index (χ0v) is 20.8. The number of hydrogen-bond acceptors (Lipinski definition) is 6. The molecule has 8 heteroatoms. The van der Waals surface area contributed by atoms with Crippen LogP contribution in [0.2, 0.25) is 0 Å². The minimum absolute atomic E-state index is 0.0687. The summed E-state index contributed by atoms with van der Waals surface area (Å²) < 4.78 is 38.0. The first-order valence-electron chi connectivity index (χ1n) is 11.7. The predicted octanol–water partition coefficient (Wildman–Crippen LogP) is 4.73. The zero-order valence-electron chi connectivity index (χ0n) is 20.0. The Morgan fingerprint density at radius 1 is 1.03 bits per heavy atom. The molecule has 2 heterocycles. The highest BCUT2D eigenvalue weighted by Gasteiger charge is 2.24. The predicted molar refractivity (Wildman–Crippen MR) is 134 cm³/mol. The van der Waals surface area contributed by atoms with Crippen molar-refractivity contribution in [3.63, 3.8) is 0 Å². The van der Waals surface area contributed by atoms with Crippen LogP contribution in [0.1, 0.15) is 47.9 Å². The number of rotatable bonds is 6. The lowest BCUT2D eigenvalue weighted by molar-refractivity contribution is -0.138. The molecule has 0 spiro atoms. The summed E-state index contributed by atoms with van der Waals surface area (Å²) in [4.78, 5) is 24.5. The van der Waals surface area contributed by atoms with Crippen LogP contribution in [0.3, 0.4) is 0 Å². The van der Waals surface area contributed by atoms with Gasteiger partial charge in [-0.25, -0.2) is 18.0 Å². The molecular formula is C27H29NO6S. The topological polar surface area (TPSA) is 93.9 Å². The van der Waals surface area contributed by atoms with E-state index in [9.17, 15) is 18.0 Å². The summed E-state index contributed by atoms with van der Waals surface area (Å²) in [5, 5.41) is 0.727. The van der Waals surface area contributed by atoms with E-state index < -0.39 is 21.6 Å². The van der Waals surface area contributed by atoms with Crippen LogP contribution in [0.15, 0.2) is 62.6 Å². The number of carbonyl (C=O) groups is 1. The molecule has 4 rings (SSSR count). The molecule has 0 bridgehead atoms. The minimum Gasteiger partial charge on any atom is -0.458 e. The first-order valence-corrected chi connectivity index (χ1v) is 13.2. The van der Waals surface area contributed by atoms with Gasteiger partial charge >= 0.3 is 11.6 Å². The monoisotopic (exact) mass is 495 g/mol. The van der Waals surface area contributed by atoms with Crippen molar-refractivity contribution in [3.05, 3.63) is 81.2 Å². The Hall–Kier alpha value is -3.23. The van der Waals surface area contributed by atoms with Crippen molar-refractivity contribution in [3.8, 4) is 0 Å². The Morgan fingerprint density at radius 2 is 1.71 bits per heavy atom. The Morgan fingerprint density at radius 3 is 2.40 bits per heavy atom. The Kier molecular flexibility index (Phi) is 7.52. The van der Waals surface area contributed by atoms with Crippen LogP contribution in [0.5, 0.6) is 0 Å². The molecule has 2 aromatic carbocycles. The summed E-state index contributed by atoms with van der Waals surface area (Å²) in [6.07, 6.45) is 6.71. The van der Waals surface area contributed by atoms with E-state index in [4.69, 9.17) is 9.15 Å². The summed E-state index contributed by atoms with van der Waals surface area (Å²) in [7, 11) is -3.52. The third-order valence-electron chi connectivity index (χ3n) is 6.38. The number of nitrogens with zero attached hydrogens (tertiary/aromatic N) is 1. The van der Waals surface area contributed by atoms with Crippen molar-refractivity contribution in [1.29, 1.82) is 0 Å². The zero-order chi connectivity index (χ0) is 25.0. The molecule has 0 saturated carbocycles. The highest BCUT2D eigenvalue weighted by atomic mass is 32.2. The van der Waals surface area contributed by atoms with Crippen molar-refractivity contribution in [2.75, 3.05) is 13.1 Å². The number of carbonyl (C=O) groups excluding carboxylic acids is 1. The lowest BCUT2D eigenvalue weighted by Crippen LogP contribution is -2.31. The van der Waals surface area contributed by atoms with E-state index in [0.29, 0.717) is 29.8 Å². The van der Waals surface area contributed by atoms with Crippen molar-refractivity contribution in [2.24, 2.45) is 0 Å². The van der Waals surface area contributed by atoms with Gasteiger partial charge in [0.2, 0.25) is 10.0 Å². The molecule has 184 valence electrons. The fraction of sp³-hybridized carbons (Fsp3) is 0.333. The fourth-order valence-electron chi connectivity index (χ4n) is 4.19. The average molecular weight is 496 g/mol. The standard InChI is InChI=1S/C27H29NO6S/c1-19-7-13-24-22(17-26(30)34-27(24)20(19)2)18-33-25(29)14-10-21-8-11-23(12-9-21)35(31,32)28-15-5-3-4-6-16-28/h7-14,17H,3-6,15-16,18H2,1-2H3. The molecule has 1 saturated heterocycles. The first kappa shape index (κ1) is 24.9. The second kappa shape index (κ2) is 10.6. The van der Waals surface area contributed by atoms with Crippen LogP contribution >= 0.6 is 0 Å². The van der Waals surface area contributed by atoms with E-state index >= 15 is 0 Å². The molecule has 35 heavy (non-hydrogen) atoms. The van der Waals surface area contributed by atoms with Crippen LogP contribution in [0, 0.1) is 13.8 Å². The Balaban J connectivity index is 1.42. The van der Waals surface area contributed by atoms with Crippen LogP contribution in [0.25, 0.3) is 17.0 Å². The maximum atomic E-state index is 12.9. The van der Waals surface area contributed by atoms with Crippen molar-refractivity contribution in [2.45, 2.75) is 51.0 Å². The minimum atomic E-state index is -3.52. The Labute approximate surface area is 205 Å². The second-order valence-electron chi connectivity index (χ2n) is 8.80. The van der Waals surface area contributed by atoms with Crippen molar-refractivity contribution >= 4 is 33.0 Å². The van der Waals surface area contributed by atoms with Crippen LogP contribution in [-0.2, 0) is 26.2 Å². The molecule has 3 aromatic rings. The smallest absolute Gasteiger partial charge is 0.336 e. The van der Waals surface area contributed by atoms with Gasteiger partial charge in [-0.3, -0.25) is 0 Å². The van der Waals surface area contributed by atoms with Gasteiger partial charge in [-0.2, -0.15) is 4.31 Å². The first-order chi connectivity index (χ1) is 16.8. The Bertz CT molecular complexity index is 1410. The quantitative estimate of drug-likeness (QED) is 0.279. The summed E-state index contributed by atoms with van der Waals surface area (Å²) >= 11 is 0. The van der Waals surface area contributed by atoms with Gasteiger partial charge in [-0.15, -0.1) is 0 Å². The number of sulfonamides is 1. The largest absolute Gasteiger partial charge is 0.458 e. The average Bonchev–Trinajstić information content (AvgIpc) is 3.14. The van der Waals surface area contributed by atoms with Gasteiger partial charge in [0.1, 0.15) is 12.2 Å². The van der Waals surface area contributed by atoms with Gasteiger partial charge < -0.3 is 9.15 Å². The molecule has 1 aliphatic heterocycles. The molecule has 7 nitrogen and oxygen atoms in total. The molecule has 1 aromatic heterocycles. The van der Waals surface area contributed by atoms with E-state index in [-0.39, 0.29) is 11.5 Å². The lowest BCUT2D eigenvalue weighted by Gasteiger charge is -2.19. The number of fused-ring (bicyclic) bond motifs is 1. The summed E-state index contributed by atoms with van der Waals surface area (Å²) in [5.74, 6) is -0.573. The number of aryl methyl sites for hydroxylation is 2. The number of hydrogen-bond donors (Lipinski definition) is 0. The lowest BCUT2D eigenvalue weighted by atomic mass is 10.0. The van der Waals surface area contributed by atoms with Gasteiger partial charge in [-0.05, 0) is 61.6 Å². The highest BCUT2D eigenvalue weighted by molar-refractivity contribution is 7.89. The SMILES string of the molecule is Cc1ccc2c(COC(=O)C=Cc3ccc(S(=O)(=O)N4CCCCCC4)cc3)cc(=O)oc2c1C. The van der Waals surface area contributed by atoms with E-state index in [0.717, 1.165) is 42.2 Å². The van der Waals surface area contributed by atoms with Crippen molar-refractivity contribution < 1.29 is 22.4 Å². The van der Waals surface area contributed by atoms with E-state index in [1.165, 1.54) is 12.1 Å². The maximum absolute atomic E-state index is 12.9. The molecule has 0 N–H and O–H groups in total. The maximum Gasteiger partial charge on any atom is 0.336 e. The van der Waals surface area contributed by atoms with Gasteiger partial charge in [-0.1, -0.05) is 37.1 Å². The van der Waals surface area contributed by atoms with E-state index in [1.54, 1.807) is 34.6 Å². The molecular weight excluding hydrogens is 466 g/mol. The van der Waals surface area contributed by atoms with Gasteiger partial charge in [0.15, 0.2) is 0 Å². The summed E-state index contributed by atoms with van der Waals surface area (Å²) in [6.45, 7) is 4.84. The van der Waals surface area contributed by atoms with Gasteiger partial charge in [0.25, 0.3) is 0 Å². The number of esters is 1. The van der Waals surface area contributed by atoms with E-state index in [2.05, 4.69) is 0 Å². The van der Waals surface area contributed by atoms with Crippen LogP contribution in [-0.4, -0.2) is 31.8 Å². The number of ether oxygens (including phenoxy) is 1. The van der Waals surface area contributed by atoms with Gasteiger partial charge in [0.05, 0.1) is 4.90 Å². The highest BCUT2D eigenvalue weighted by Crippen LogP contribution is 2.24. The van der Waals surface area contributed by atoms with Crippen molar-refractivity contribution in [1.82, 2.24) is 4.31 Å². The molecule has 0 aliphatic carbocycles. The van der Waals surface area contributed by atoms with Crippen LogP contribution in [0.4, 0.5) is 0 Å². The van der Waals surface area contributed by atoms with Crippen LogP contribution < -0.4 is 5.63 Å². The molecule has 0 amide bonds.